The summed E-state index contributed by atoms with van der Waals surface area (Å²) >= 11 is 0. The molecule has 4 N–H and O–H groups in total. The minimum atomic E-state index is -0.421. The Bertz CT molecular complexity index is 954. The Hall–Kier alpha value is -3.54. The molecule has 0 aliphatic heterocycles. The quantitative estimate of drug-likeness (QED) is 0.579. The highest BCUT2D eigenvalue weighted by Gasteiger charge is 2.07. The minimum absolute atomic E-state index is 0.130. The summed E-state index contributed by atoms with van der Waals surface area (Å²) in [5.74, 6) is -0.0534. The van der Waals surface area contributed by atoms with E-state index in [9.17, 15) is 14.7 Å². The van der Waals surface area contributed by atoms with Crippen LogP contribution in [0.5, 0.6) is 5.75 Å². The molecule has 6 heteroatoms. The van der Waals surface area contributed by atoms with Crippen LogP contribution in [0.15, 0.2) is 60.7 Å². The molecular weight excluding hydrogens is 318 g/mol. The number of hydrogen-bond acceptors (Lipinski definition) is 3. The molecule has 0 atom stereocenters. The Morgan fingerprint density at radius 3 is 2.32 bits per heavy atom. The second kappa shape index (κ2) is 6.92. The Kier molecular flexibility index (Phi) is 4.52. The van der Waals surface area contributed by atoms with Gasteiger partial charge in [0.05, 0.1) is 5.69 Å². The fourth-order valence-corrected chi connectivity index (χ4v) is 2.53. The SMILES string of the molecule is CC(=O)Nc1cccc(NC(=O)Nc2cccc3ccc(O)cc23)c1. The largest absolute Gasteiger partial charge is 0.508 e. The lowest BCUT2D eigenvalue weighted by atomic mass is 10.1. The lowest BCUT2D eigenvalue weighted by molar-refractivity contribution is -0.114. The van der Waals surface area contributed by atoms with Crippen LogP contribution in [0.2, 0.25) is 0 Å². The number of fused-ring (bicyclic) bond motifs is 1. The lowest BCUT2D eigenvalue weighted by Gasteiger charge is -2.11. The topological polar surface area (TPSA) is 90.5 Å². The van der Waals surface area contributed by atoms with E-state index in [1.54, 1.807) is 48.5 Å². The van der Waals surface area contributed by atoms with Crippen LogP contribution in [0.25, 0.3) is 10.8 Å². The molecule has 0 unspecified atom stereocenters. The first kappa shape index (κ1) is 16.3. The van der Waals surface area contributed by atoms with Gasteiger partial charge in [0.25, 0.3) is 0 Å². The zero-order valence-electron chi connectivity index (χ0n) is 13.5. The minimum Gasteiger partial charge on any atom is -0.508 e. The van der Waals surface area contributed by atoms with Crippen LogP contribution in [0.4, 0.5) is 21.9 Å². The molecule has 0 aliphatic carbocycles. The number of phenolic OH excluding ortho intramolecular Hbond substituents is 1. The molecule has 3 amide bonds. The van der Waals surface area contributed by atoms with Crippen molar-refractivity contribution in [2.24, 2.45) is 0 Å². The summed E-state index contributed by atoms with van der Waals surface area (Å²) in [6, 6.07) is 16.9. The van der Waals surface area contributed by atoms with E-state index in [2.05, 4.69) is 16.0 Å². The maximum absolute atomic E-state index is 12.3. The van der Waals surface area contributed by atoms with E-state index in [0.717, 1.165) is 10.8 Å². The van der Waals surface area contributed by atoms with E-state index in [4.69, 9.17) is 0 Å². The molecule has 0 saturated heterocycles. The molecule has 0 aromatic heterocycles. The highest BCUT2D eigenvalue weighted by Crippen LogP contribution is 2.27. The molecule has 3 aromatic carbocycles. The third-order valence-corrected chi connectivity index (χ3v) is 3.55. The molecule has 0 spiro atoms. The highest BCUT2D eigenvalue weighted by molar-refractivity contribution is 6.06. The van der Waals surface area contributed by atoms with Crippen molar-refractivity contribution < 1.29 is 14.7 Å². The average Bonchev–Trinajstić information content (AvgIpc) is 2.55. The summed E-state index contributed by atoms with van der Waals surface area (Å²) in [6.45, 7) is 1.42. The molecular formula is C19H17N3O3. The van der Waals surface area contributed by atoms with Crippen molar-refractivity contribution in [3.8, 4) is 5.75 Å². The molecule has 0 bridgehead atoms. The first-order chi connectivity index (χ1) is 12.0. The average molecular weight is 335 g/mol. The number of urea groups is 1. The monoisotopic (exact) mass is 335 g/mol. The maximum Gasteiger partial charge on any atom is 0.323 e. The van der Waals surface area contributed by atoms with Crippen molar-refractivity contribution in [2.45, 2.75) is 6.92 Å². The smallest absolute Gasteiger partial charge is 0.323 e. The van der Waals surface area contributed by atoms with Gasteiger partial charge in [-0.2, -0.15) is 0 Å². The fraction of sp³-hybridized carbons (Fsp3) is 0.0526. The van der Waals surface area contributed by atoms with E-state index < -0.39 is 6.03 Å². The van der Waals surface area contributed by atoms with Gasteiger partial charge in [-0.3, -0.25) is 4.79 Å². The van der Waals surface area contributed by atoms with Crippen LogP contribution in [-0.4, -0.2) is 17.0 Å². The predicted molar refractivity (Wildman–Crippen MR) is 99.0 cm³/mol. The number of rotatable bonds is 3. The molecule has 126 valence electrons. The third kappa shape index (κ3) is 4.06. The van der Waals surface area contributed by atoms with Gasteiger partial charge in [-0.05, 0) is 41.8 Å². The normalized spacial score (nSPS) is 10.3. The molecule has 3 rings (SSSR count). The number of phenols is 1. The second-order valence-corrected chi connectivity index (χ2v) is 5.55. The number of benzene rings is 3. The molecule has 0 saturated carbocycles. The molecule has 0 aliphatic rings. The Morgan fingerprint density at radius 1 is 0.840 bits per heavy atom. The van der Waals surface area contributed by atoms with E-state index >= 15 is 0 Å². The zero-order valence-corrected chi connectivity index (χ0v) is 13.5. The number of hydrogen-bond donors (Lipinski definition) is 4. The van der Waals surface area contributed by atoms with Crippen molar-refractivity contribution in [1.29, 1.82) is 0 Å². The molecule has 3 aromatic rings. The lowest BCUT2D eigenvalue weighted by Crippen LogP contribution is -2.19. The predicted octanol–water partition coefficient (Wildman–Crippen LogP) is 4.15. The number of nitrogens with one attached hydrogen (secondary N) is 3. The highest BCUT2D eigenvalue weighted by atomic mass is 16.3. The van der Waals surface area contributed by atoms with Gasteiger partial charge in [-0.15, -0.1) is 0 Å². The molecule has 25 heavy (non-hydrogen) atoms. The molecule has 0 heterocycles. The Labute approximate surface area is 144 Å². The maximum atomic E-state index is 12.3. The van der Waals surface area contributed by atoms with Gasteiger partial charge < -0.3 is 21.1 Å². The van der Waals surface area contributed by atoms with Gasteiger partial charge in [0, 0.05) is 23.7 Å². The summed E-state index contributed by atoms with van der Waals surface area (Å²) in [6.07, 6.45) is 0. The number of carbonyl (C=O) groups is 2. The fourth-order valence-electron chi connectivity index (χ4n) is 2.53. The van der Waals surface area contributed by atoms with Gasteiger partial charge in [-0.25, -0.2) is 4.79 Å². The number of anilines is 3. The van der Waals surface area contributed by atoms with E-state index in [1.807, 2.05) is 12.1 Å². The van der Waals surface area contributed by atoms with Gasteiger partial charge in [0.1, 0.15) is 5.75 Å². The molecule has 0 radical (unpaired) electrons. The van der Waals surface area contributed by atoms with Crippen LogP contribution < -0.4 is 16.0 Å². The van der Waals surface area contributed by atoms with Crippen molar-refractivity contribution in [2.75, 3.05) is 16.0 Å². The van der Waals surface area contributed by atoms with E-state index in [-0.39, 0.29) is 11.7 Å². The second-order valence-electron chi connectivity index (χ2n) is 5.55. The standard InChI is InChI=1S/C19H17N3O3/c1-12(23)20-14-5-3-6-15(10-14)21-19(25)22-18-7-2-4-13-8-9-16(24)11-17(13)18/h2-11,24H,1H3,(H,20,23)(H2,21,22,25). The van der Waals surface area contributed by atoms with Gasteiger partial charge >= 0.3 is 6.03 Å². The van der Waals surface area contributed by atoms with Crippen molar-refractivity contribution in [1.82, 2.24) is 0 Å². The van der Waals surface area contributed by atoms with E-state index in [0.29, 0.717) is 17.1 Å². The number of aromatic hydroxyl groups is 1. The van der Waals surface area contributed by atoms with E-state index in [1.165, 1.54) is 6.92 Å². The zero-order chi connectivity index (χ0) is 17.8. The van der Waals surface area contributed by atoms with Gasteiger partial charge in [0.15, 0.2) is 0 Å². The van der Waals surface area contributed by atoms with Crippen LogP contribution in [0.1, 0.15) is 6.92 Å². The van der Waals surface area contributed by atoms with Crippen molar-refractivity contribution in [3.63, 3.8) is 0 Å². The number of carbonyl (C=O) groups excluding carboxylic acids is 2. The molecule has 6 nitrogen and oxygen atoms in total. The number of amides is 3. The Balaban J connectivity index is 1.77. The van der Waals surface area contributed by atoms with Crippen LogP contribution in [0, 0.1) is 0 Å². The van der Waals surface area contributed by atoms with Crippen LogP contribution in [-0.2, 0) is 4.79 Å². The van der Waals surface area contributed by atoms with Gasteiger partial charge in [-0.1, -0.05) is 24.3 Å². The summed E-state index contributed by atoms with van der Waals surface area (Å²) < 4.78 is 0. The third-order valence-electron chi connectivity index (χ3n) is 3.55. The summed E-state index contributed by atoms with van der Waals surface area (Å²) in [4.78, 5) is 23.4. The van der Waals surface area contributed by atoms with Crippen molar-refractivity contribution >= 4 is 39.8 Å². The summed E-state index contributed by atoms with van der Waals surface area (Å²) in [7, 11) is 0. The van der Waals surface area contributed by atoms with Crippen molar-refractivity contribution in [3.05, 3.63) is 60.7 Å². The Morgan fingerprint density at radius 2 is 1.56 bits per heavy atom. The summed E-state index contributed by atoms with van der Waals surface area (Å²) in [5.41, 5.74) is 1.73. The molecule has 0 fully saturated rings. The first-order valence-corrected chi connectivity index (χ1v) is 7.69. The van der Waals surface area contributed by atoms with Crippen LogP contribution in [0.3, 0.4) is 0 Å². The summed E-state index contributed by atoms with van der Waals surface area (Å²) in [5, 5.41) is 19.5. The first-order valence-electron chi connectivity index (χ1n) is 7.69. The van der Waals surface area contributed by atoms with Crippen LogP contribution >= 0.6 is 0 Å². The van der Waals surface area contributed by atoms with Gasteiger partial charge in [0.2, 0.25) is 5.91 Å².